The number of aromatic nitrogens is 2. The van der Waals surface area contributed by atoms with Crippen molar-refractivity contribution >= 4 is 34.0 Å². The van der Waals surface area contributed by atoms with Crippen LogP contribution in [0.1, 0.15) is 27.9 Å². The minimum absolute atomic E-state index is 0.0614. The van der Waals surface area contributed by atoms with Gasteiger partial charge in [-0.25, -0.2) is 9.97 Å². The predicted octanol–water partition coefficient (Wildman–Crippen LogP) is 5.34. The van der Waals surface area contributed by atoms with E-state index in [0.717, 1.165) is 16.3 Å². The number of halogens is 1. The smallest absolute Gasteiger partial charge is 0.238 e. The summed E-state index contributed by atoms with van der Waals surface area (Å²) in [6.45, 7) is 0. The van der Waals surface area contributed by atoms with Gasteiger partial charge in [-0.1, -0.05) is 29.8 Å². The number of nitrogen functional groups attached to an aromatic ring is 1. The lowest BCUT2D eigenvalue weighted by molar-refractivity contribution is 0.0982. The van der Waals surface area contributed by atoms with Gasteiger partial charge in [0.2, 0.25) is 5.88 Å². The number of anilines is 1. The number of hydrogen-bond donors (Lipinski definition) is 1. The Hall–Kier alpha value is -3.95. The lowest BCUT2D eigenvalue weighted by atomic mass is 10.0. The molecule has 0 radical (unpaired) electrons. The summed E-state index contributed by atoms with van der Waals surface area (Å²) in [5, 5.41) is 11.0. The molecule has 0 fully saturated rings. The van der Waals surface area contributed by atoms with Crippen molar-refractivity contribution < 1.29 is 9.53 Å². The van der Waals surface area contributed by atoms with Crippen molar-refractivity contribution in [2.75, 3.05) is 5.73 Å². The molecule has 4 aromatic rings. The third-order valence-corrected chi connectivity index (χ3v) is 5.10. The summed E-state index contributed by atoms with van der Waals surface area (Å²) in [6.07, 6.45) is 4.03. The first-order valence-electron chi connectivity index (χ1n) is 9.53. The van der Waals surface area contributed by atoms with Crippen molar-refractivity contribution in [1.82, 2.24) is 9.97 Å². The van der Waals surface area contributed by atoms with Gasteiger partial charge >= 0.3 is 0 Å². The summed E-state index contributed by atoms with van der Waals surface area (Å²) in [4.78, 5) is 20.9. The summed E-state index contributed by atoms with van der Waals surface area (Å²) >= 11 is 6.27. The van der Waals surface area contributed by atoms with E-state index in [-0.39, 0.29) is 16.7 Å². The molecule has 0 unspecified atom stereocenters. The van der Waals surface area contributed by atoms with Crippen molar-refractivity contribution in [2.24, 2.45) is 0 Å². The lowest BCUT2D eigenvalue weighted by Gasteiger charge is -2.08. The fourth-order valence-electron chi connectivity index (χ4n) is 3.17. The number of carbonyl (C=O) groups is 1. The number of carbonyl (C=O) groups excluding carboxylic acids is 1. The predicted molar refractivity (Wildman–Crippen MR) is 119 cm³/mol. The summed E-state index contributed by atoms with van der Waals surface area (Å²) in [6, 6.07) is 18.0. The third-order valence-electron chi connectivity index (χ3n) is 4.83. The Kier molecular flexibility index (Phi) is 5.78. The Balaban J connectivity index is 1.42. The van der Waals surface area contributed by atoms with Gasteiger partial charge in [-0.15, -0.1) is 0 Å². The number of rotatable bonds is 6. The van der Waals surface area contributed by atoms with Crippen LogP contribution < -0.4 is 10.5 Å². The monoisotopic (exact) mass is 428 g/mol. The van der Waals surface area contributed by atoms with Gasteiger partial charge in [0, 0.05) is 29.8 Å². The van der Waals surface area contributed by atoms with E-state index in [9.17, 15) is 4.79 Å². The molecular weight excluding hydrogens is 412 g/mol. The molecule has 0 bridgehead atoms. The Bertz CT molecular complexity index is 1310. The van der Waals surface area contributed by atoms with Gasteiger partial charge in [0.25, 0.3) is 0 Å². The van der Waals surface area contributed by atoms with Gasteiger partial charge in [0.1, 0.15) is 16.6 Å². The van der Waals surface area contributed by atoms with Crippen molar-refractivity contribution in [1.29, 1.82) is 5.26 Å². The number of ketones is 1. The number of fused-ring (bicyclic) bond motifs is 1. The zero-order chi connectivity index (χ0) is 21.8. The molecule has 0 saturated heterocycles. The molecule has 31 heavy (non-hydrogen) atoms. The van der Waals surface area contributed by atoms with Gasteiger partial charge < -0.3 is 10.5 Å². The maximum absolute atomic E-state index is 12.6. The standard InChI is InChI=1S/C24H17ClN4O2/c25-21-12-18(14-29-24(21)31-19-5-1-16(13-26)2-6-19)22(30)8-4-15-3-7-20-17(11-15)9-10-28-23(20)27/h1-3,5-7,9-12,14H,4,8H2,(H2,27,28). The number of nitriles is 1. The van der Waals surface area contributed by atoms with Crippen LogP contribution in [0.2, 0.25) is 5.02 Å². The van der Waals surface area contributed by atoms with E-state index < -0.39 is 0 Å². The van der Waals surface area contributed by atoms with Gasteiger partial charge in [-0.2, -0.15) is 5.26 Å². The average Bonchev–Trinajstić information content (AvgIpc) is 2.79. The minimum Gasteiger partial charge on any atom is -0.438 e. The number of hydrogen-bond acceptors (Lipinski definition) is 6. The SMILES string of the molecule is N#Cc1ccc(Oc2ncc(C(=O)CCc3ccc4c(N)nccc4c3)cc2Cl)cc1. The molecule has 0 saturated carbocycles. The van der Waals surface area contributed by atoms with Crippen LogP contribution in [-0.2, 0) is 6.42 Å². The van der Waals surface area contributed by atoms with E-state index in [1.54, 1.807) is 36.5 Å². The number of benzene rings is 2. The molecule has 2 N–H and O–H groups in total. The van der Waals surface area contributed by atoms with Crippen LogP contribution in [0.15, 0.2) is 67.0 Å². The molecule has 2 aromatic heterocycles. The van der Waals surface area contributed by atoms with Crippen LogP contribution >= 0.6 is 11.6 Å². The molecule has 0 aliphatic rings. The zero-order valence-corrected chi connectivity index (χ0v) is 17.1. The average molecular weight is 429 g/mol. The number of Topliss-reactive ketones (excluding diaryl/α,β-unsaturated/α-hetero) is 1. The van der Waals surface area contributed by atoms with Crippen LogP contribution in [0.3, 0.4) is 0 Å². The van der Waals surface area contributed by atoms with E-state index in [0.29, 0.717) is 35.5 Å². The van der Waals surface area contributed by atoms with Crippen LogP contribution in [0.4, 0.5) is 5.82 Å². The first-order valence-corrected chi connectivity index (χ1v) is 9.91. The quantitative estimate of drug-likeness (QED) is 0.415. The molecular formula is C24H17ClN4O2. The molecule has 0 aliphatic heterocycles. The van der Waals surface area contributed by atoms with Gasteiger partial charge in [-0.3, -0.25) is 4.79 Å². The molecule has 6 nitrogen and oxygen atoms in total. The largest absolute Gasteiger partial charge is 0.438 e. The molecule has 0 aliphatic carbocycles. The van der Waals surface area contributed by atoms with Crippen molar-refractivity contribution in [3.63, 3.8) is 0 Å². The number of ether oxygens (including phenoxy) is 1. The Morgan fingerprint density at radius 1 is 1.10 bits per heavy atom. The second-order valence-corrected chi connectivity index (χ2v) is 7.33. The second kappa shape index (κ2) is 8.82. The normalized spacial score (nSPS) is 10.6. The molecule has 0 atom stereocenters. The third kappa shape index (κ3) is 4.63. The second-order valence-electron chi connectivity index (χ2n) is 6.92. The number of pyridine rings is 2. The highest BCUT2D eigenvalue weighted by molar-refractivity contribution is 6.32. The summed E-state index contributed by atoms with van der Waals surface area (Å²) in [7, 11) is 0. The summed E-state index contributed by atoms with van der Waals surface area (Å²) < 4.78 is 5.64. The highest BCUT2D eigenvalue weighted by Gasteiger charge is 2.12. The lowest BCUT2D eigenvalue weighted by Crippen LogP contribution is -2.03. The topological polar surface area (TPSA) is 102 Å². The zero-order valence-electron chi connectivity index (χ0n) is 16.4. The Morgan fingerprint density at radius 3 is 2.65 bits per heavy atom. The molecule has 7 heteroatoms. The van der Waals surface area contributed by atoms with Gasteiger partial charge in [0.05, 0.1) is 11.6 Å². The molecule has 152 valence electrons. The summed E-state index contributed by atoms with van der Waals surface area (Å²) in [5.41, 5.74) is 7.87. The number of aryl methyl sites for hydroxylation is 1. The van der Waals surface area contributed by atoms with Crippen LogP contribution in [0.5, 0.6) is 11.6 Å². The maximum Gasteiger partial charge on any atom is 0.238 e. The van der Waals surface area contributed by atoms with Crippen molar-refractivity contribution in [3.8, 4) is 17.7 Å². The fourth-order valence-corrected chi connectivity index (χ4v) is 3.38. The first-order chi connectivity index (χ1) is 15.0. The number of nitrogens with zero attached hydrogens (tertiary/aromatic N) is 3. The highest BCUT2D eigenvalue weighted by Crippen LogP contribution is 2.28. The van der Waals surface area contributed by atoms with E-state index in [1.165, 1.54) is 6.20 Å². The van der Waals surface area contributed by atoms with Crippen molar-refractivity contribution in [2.45, 2.75) is 12.8 Å². The summed E-state index contributed by atoms with van der Waals surface area (Å²) in [5.74, 6) is 1.13. The van der Waals surface area contributed by atoms with E-state index in [1.807, 2.05) is 30.3 Å². The Labute approximate surface area is 183 Å². The minimum atomic E-state index is -0.0614. The number of nitrogens with two attached hydrogens (primary N) is 1. The van der Waals surface area contributed by atoms with Gasteiger partial charge in [0.15, 0.2) is 5.78 Å². The Morgan fingerprint density at radius 2 is 1.90 bits per heavy atom. The van der Waals surface area contributed by atoms with Crippen LogP contribution in [0, 0.1) is 11.3 Å². The first kappa shape index (κ1) is 20.3. The van der Waals surface area contributed by atoms with E-state index >= 15 is 0 Å². The highest BCUT2D eigenvalue weighted by atomic mass is 35.5. The van der Waals surface area contributed by atoms with E-state index in [4.69, 9.17) is 27.3 Å². The van der Waals surface area contributed by atoms with E-state index in [2.05, 4.69) is 9.97 Å². The van der Waals surface area contributed by atoms with Crippen molar-refractivity contribution in [3.05, 3.63) is 88.7 Å². The molecule has 0 amide bonds. The fraction of sp³-hybridized carbons (Fsp3) is 0.0833. The molecule has 4 rings (SSSR count). The molecule has 0 spiro atoms. The van der Waals surface area contributed by atoms with Crippen LogP contribution in [0.25, 0.3) is 10.8 Å². The molecule has 2 heterocycles. The maximum atomic E-state index is 12.6. The molecule has 2 aromatic carbocycles. The van der Waals surface area contributed by atoms with Gasteiger partial charge in [-0.05, 0) is 53.8 Å². The van der Waals surface area contributed by atoms with Crippen LogP contribution in [-0.4, -0.2) is 15.8 Å².